The highest BCUT2D eigenvalue weighted by atomic mass is 32.1. The Morgan fingerprint density at radius 2 is 1.90 bits per heavy atom. The molecule has 1 amide bonds. The minimum Gasteiger partial charge on any atom is -0.320 e. The number of benzene rings is 2. The van der Waals surface area contributed by atoms with Gasteiger partial charge in [-0.15, -0.1) is 11.3 Å². The largest absolute Gasteiger partial charge is 0.320 e. The van der Waals surface area contributed by atoms with Gasteiger partial charge in [0.15, 0.2) is 5.01 Å². The summed E-state index contributed by atoms with van der Waals surface area (Å²) in [6.45, 7) is 0. The van der Waals surface area contributed by atoms with Gasteiger partial charge in [-0.2, -0.15) is 0 Å². The Labute approximate surface area is 125 Å². The maximum absolute atomic E-state index is 13.2. The molecule has 3 rings (SSSR count). The zero-order chi connectivity index (χ0) is 14.7. The summed E-state index contributed by atoms with van der Waals surface area (Å²) in [5.74, 6) is -0.593. The van der Waals surface area contributed by atoms with Crippen LogP contribution in [0.3, 0.4) is 0 Å². The molecule has 0 aliphatic rings. The molecular formula is C16H11FN2OS. The van der Waals surface area contributed by atoms with Crippen molar-refractivity contribution in [3.63, 3.8) is 0 Å². The molecule has 1 N–H and O–H groups in total. The number of nitrogens with zero attached hydrogens (tertiary/aromatic N) is 1. The Kier molecular flexibility index (Phi) is 3.75. The number of thiazole rings is 1. The maximum atomic E-state index is 13.2. The van der Waals surface area contributed by atoms with E-state index in [1.54, 1.807) is 29.6 Å². The highest BCUT2D eigenvalue weighted by Crippen LogP contribution is 2.23. The zero-order valence-electron chi connectivity index (χ0n) is 10.9. The highest BCUT2D eigenvalue weighted by Gasteiger charge is 2.12. The summed E-state index contributed by atoms with van der Waals surface area (Å²) in [6, 6.07) is 15.3. The number of halogens is 1. The number of carbonyl (C=O) groups excluding carboxylic acids is 1. The smallest absolute Gasteiger partial charge is 0.284 e. The molecule has 0 aliphatic heterocycles. The first-order valence-corrected chi connectivity index (χ1v) is 7.18. The minimum absolute atomic E-state index is 0.270. The fourth-order valence-corrected chi connectivity index (χ4v) is 2.59. The molecule has 1 aromatic heterocycles. The van der Waals surface area contributed by atoms with Crippen LogP contribution >= 0.6 is 11.3 Å². The molecule has 1 heterocycles. The van der Waals surface area contributed by atoms with Crippen LogP contribution in [0, 0.1) is 5.82 Å². The molecule has 0 spiro atoms. The molecule has 3 nitrogen and oxygen atoms in total. The molecule has 0 saturated heterocycles. The van der Waals surface area contributed by atoms with Crippen LogP contribution in [0.1, 0.15) is 9.80 Å². The van der Waals surface area contributed by atoms with Crippen LogP contribution in [0.2, 0.25) is 0 Å². The zero-order valence-corrected chi connectivity index (χ0v) is 11.7. The Bertz CT molecular complexity index is 771. The average Bonchev–Trinajstić information content (AvgIpc) is 2.98. The molecule has 0 bridgehead atoms. The Hall–Kier alpha value is -2.53. The molecule has 104 valence electrons. The molecule has 5 heteroatoms. The van der Waals surface area contributed by atoms with Gasteiger partial charge in [0.25, 0.3) is 5.91 Å². The lowest BCUT2D eigenvalue weighted by molar-refractivity contribution is 0.102. The van der Waals surface area contributed by atoms with Crippen molar-refractivity contribution in [1.29, 1.82) is 0 Å². The number of nitrogens with one attached hydrogen (secondary N) is 1. The number of hydrogen-bond donors (Lipinski definition) is 1. The van der Waals surface area contributed by atoms with Gasteiger partial charge >= 0.3 is 0 Å². The van der Waals surface area contributed by atoms with Crippen molar-refractivity contribution in [1.82, 2.24) is 4.98 Å². The predicted molar refractivity (Wildman–Crippen MR) is 81.9 cm³/mol. The van der Waals surface area contributed by atoms with E-state index in [-0.39, 0.29) is 11.7 Å². The molecule has 0 fully saturated rings. The SMILES string of the molecule is O=C(Nc1ccccc1)c1nc(-c2cccc(F)c2)cs1. The second-order valence-electron chi connectivity index (χ2n) is 4.37. The third-order valence-electron chi connectivity index (χ3n) is 2.85. The van der Waals surface area contributed by atoms with Gasteiger partial charge in [0.1, 0.15) is 5.82 Å². The number of aromatic nitrogens is 1. The topological polar surface area (TPSA) is 42.0 Å². The molecule has 0 atom stereocenters. The fraction of sp³-hybridized carbons (Fsp3) is 0. The van der Waals surface area contributed by atoms with Gasteiger partial charge in [-0.3, -0.25) is 4.79 Å². The van der Waals surface area contributed by atoms with E-state index in [1.807, 2.05) is 18.2 Å². The lowest BCUT2D eigenvalue weighted by atomic mass is 10.2. The highest BCUT2D eigenvalue weighted by molar-refractivity contribution is 7.12. The van der Waals surface area contributed by atoms with E-state index in [9.17, 15) is 9.18 Å². The fourth-order valence-electron chi connectivity index (χ4n) is 1.86. The van der Waals surface area contributed by atoms with E-state index in [1.165, 1.54) is 23.5 Å². The third-order valence-corrected chi connectivity index (χ3v) is 3.69. The summed E-state index contributed by atoms with van der Waals surface area (Å²) in [6.07, 6.45) is 0. The van der Waals surface area contributed by atoms with E-state index in [2.05, 4.69) is 10.3 Å². The lowest BCUT2D eigenvalue weighted by Crippen LogP contribution is -2.11. The van der Waals surface area contributed by atoms with E-state index < -0.39 is 0 Å². The van der Waals surface area contributed by atoms with Crippen LogP contribution in [-0.2, 0) is 0 Å². The molecule has 0 radical (unpaired) electrons. The summed E-state index contributed by atoms with van der Waals surface area (Å²) in [7, 11) is 0. The van der Waals surface area contributed by atoms with E-state index in [0.717, 1.165) is 0 Å². The molecule has 0 aliphatic carbocycles. The normalized spacial score (nSPS) is 10.3. The van der Waals surface area contributed by atoms with Crippen molar-refractivity contribution in [2.24, 2.45) is 0 Å². The van der Waals surface area contributed by atoms with Crippen molar-refractivity contribution >= 4 is 22.9 Å². The lowest BCUT2D eigenvalue weighted by Gasteiger charge is -2.01. The number of amides is 1. The number of hydrogen-bond acceptors (Lipinski definition) is 3. The number of rotatable bonds is 3. The van der Waals surface area contributed by atoms with Crippen molar-refractivity contribution in [3.05, 3.63) is 70.8 Å². The van der Waals surface area contributed by atoms with E-state index >= 15 is 0 Å². The quantitative estimate of drug-likeness (QED) is 0.787. The maximum Gasteiger partial charge on any atom is 0.284 e. The molecule has 2 aromatic carbocycles. The predicted octanol–water partition coefficient (Wildman–Crippen LogP) is 4.20. The van der Waals surface area contributed by atoms with Gasteiger partial charge in [0, 0.05) is 16.6 Å². The standard InChI is InChI=1S/C16H11FN2OS/c17-12-6-4-5-11(9-12)14-10-21-16(19-14)15(20)18-13-7-2-1-3-8-13/h1-10H,(H,18,20). The van der Waals surface area contributed by atoms with Crippen LogP contribution in [0.15, 0.2) is 60.0 Å². The van der Waals surface area contributed by atoms with E-state index in [4.69, 9.17) is 0 Å². The van der Waals surface area contributed by atoms with Gasteiger partial charge in [-0.1, -0.05) is 30.3 Å². The first kappa shape index (κ1) is 13.5. The van der Waals surface area contributed by atoms with Gasteiger partial charge in [0.2, 0.25) is 0 Å². The van der Waals surface area contributed by atoms with Crippen LogP contribution in [0.5, 0.6) is 0 Å². The summed E-state index contributed by atoms with van der Waals surface area (Å²) >= 11 is 1.23. The third kappa shape index (κ3) is 3.14. The van der Waals surface area contributed by atoms with Crippen molar-refractivity contribution in [2.45, 2.75) is 0 Å². The van der Waals surface area contributed by atoms with Gasteiger partial charge in [-0.25, -0.2) is 9.37 Å². The summed E-state index contributed by atoms with van der Waals surface area (Å²) in [4.78, 5) is 16.3. The van der Waals surface area contributed by atoms with Crippen molar-refractivity contribution in [2.75, 3.05) is 5.32 Å². The molecule has 21 heavy (non-hydrogen) atoms. The number of para-hydroxylation sites is 1. The second-order valence-corrected chi connectivity index (χ2v) is 5.23. The molecular weight excluding hydrogens is 287 g/mol. The number of carbonyl (C=O) groups is 1. The average molecular weight is 298 g/mol. The van der Waals surface area contributed by atoms with Gasteiger partial charge in [-0.05, 0) is 24.3 Å². The summed E-state index contributed by atoms with van der Waals surface area (Å²) in [5, 5.41) is 4.86. The molecule has 3 aromatic rings. The first-order chi connectivity index (χ1) is 10.2. The van der Waals surface area contributed by atoms with E-state index in [0.29, 0.717) is 22.0 Å². The van der Waals surface area contributed by atoms with Crippen LogP contribution < -0.4 is 5.32 Å². The minimum atomic E-state index is -0.323. The Morgan fingerprint density at radius 1 is 1.10 bits per heavy atom. The molecule has 0 unspecified atom stereocenters. The van der Waals surface area contributed by atoms with Crippen LogP contribution in [0.25, 0.3) is 11.3 Å². The van der Waals surface area contributed by atoms with Gasteiger partial charge < -0.3 is 5.32 Å². The Morgan fingerprint density at radius 3 is 2.67 bits per heavy atom. The van der Waals surface area contributed by atoms with Crippen LogP contribution in [0.4, 0.5) is 10.1 Å². The van der Waals surface area contributed by atoms with Gasteiger partial charge in [0.05, 0.1) is 5.69 Å². The Balaban J connectivity index is 1.80. The first-order valence-electron chi connectivity index (χ1n) is 6.30. The number of anilines is 1. The van der Waals surface area contributed by atoms with Crippen molar-refractivity contribution < 1.29 is 9.18 Å². The summed E-state index contributed by atoms with van der Waals surface area (Å²) in [5.41, 5.74) is 1.97. The second kappa shape index (κ2) is 5.85. The van der Waals surface area contributed by atoms with Crippen molar-refractivity contribution in [3.8, 4) is 11.3 Å². The van der Waals surface area contributed by atoms with Crippen LogP contribution in [-0.4, -0.2) is 10.9 Å². The monoisotopic (exact) mass is 298 g/mol. The molecule has 0 saturated carbocycles. The summed E-state index contributed by atoms with van der Waals surface area (Å²) < 4.78 is 13.2.